The maximum absolute atomic E-state index is 14.4. The van der Waals surface area contributed by atoms with Crippen LogP contribution in [-0.4, -0.2) is 6.54 Å². The summed E-state index contributed by atoms with van der Waals surface area (Å²) < 4.78 is 14.9. The third-order valence-corrected chi connectivity index (χ3v) is 4.36. The third-order valence-electron chi connectivity index (χ3n) is 3.38. The minimum Gasteiger partial charge on any atom is -0.310 e. The van der Waals surface area contributed by atoms with Crippen LogP contribution in [0.15, 0.2) is 46.9 Å². The quantitative estimate of drug-likeness (QED) is 0.705. The van der Waals surface area contributed by atoms with E-state index in [9.17, 15) is 4.39 Å². The lowest BCUT2D eigenvalue weighted by Gasteiger charge is -2.21. The molecule has 0 bridgehead atoms. The van der Waals surface area contributed by atoms with Crippen LogP contribution in [0.25, 0.3) is 0 Å². The molecule has 0 aliphatic heterocycles. The first kappa shape index (κ1) is 16.5. The van der Waals surface area contributed by atoms with Crippen LogP contribution in [0, 0.1) is 5.82 Å². The van der Waals surface area contributed by atoms with Gasteiger partial charge in [0, 0.05) is 16.6 Å². The molecule has 0 aliphatic carbocycles. The van der Waals surface area contributed by atoms with Gasteiger partial charge in [-0.3, -0.25) is 0 Å². The van der Waals surface area contributed by atoms with Crippen molar-refractivity contribution >= 4 is 27.5 Å². The number of rotatable bonds is 6. The zero-order chi connectivity index (χ0) is 15.2. The topological polar surface area (TPSA) is 12.0 Å². The summed E-state index contributed by atoms with van der Waals surface area (Å²) in [6, 6.07) is 13.0. The molecule has 0 aromatic heterocycles. The number of hydrogen-bond donors (Lipinski definition) is 1. The summed E-state index contributed by atoms with van der Waals surface area (Å²) >= 11 is 9.48. The van der Waals surface area contributed by atoms with Crippen LogP contribution in [0.1, 0.15) is 30.5 Å². The number of hydrogen-bond acceptors (Lipinski definition) is 1. The largest absolute Gasteiger partial charge is 0.310 e. The summed E-state index contributed by atoms with van der Waals surface area (Å²) in [7, 11) is 0. The van der Waals surface area contributed by atoms with E-state index in [0.29, 0.717) is 16.5 Å². The Morgan fingerprint density at radius 1 is 1.19 bits per heavy atom. The molecule has 2 aromatic rings. The second-order valence-electron chi connectivity index (χ2n) is 4.95. The van der Waals surface area contributed by atoms with E-state index in [-0.39, 0.29) is 11.9 Å². The standard InChI is InChI=1S/C17H18BrClFN/c1-2-10-21-16(11-12-6-3-4-9-15(12)19)13-7-5-8-14(18)17(13)20/h3-9,16,21H,2,10-11H2,1H3. The highest BCUT2D eigenvalue weighted by molar-refractivity contribution is 9.10. The van der Waals surface area contributed by atoms with E-state index in [2.05, 4.69) is 28.2 Å². The van der Waals surface area contributed by atoms with Gasteiger partial charge in [0.15, 0.2) is 0 Å². The molecular weight excluding hydrogens is 353 g/mol. The molecule has 1 nitrogen and oxygen atoms in total. The van der Waals surface area contributed by atoms with Crippen molar-refractivity contribution in [1.29, 1.82) is 0 Å². The van der Waals surface area contributed by atoms with Gasteiger partial charge in [0.2, 0.25) is 0 Å². The van der Waals surface area contributed by atoms with Gasteiger partial charge < -0.3 is 5.32 Å². The van der Waals surface area contributed by atoms with Crippen LogP contribution >= 0.6 is 27.5 Å². The molecule has 0 radical (unpaired) electrons. The Labute approximate surface area is 138 Å². The summed E-state index contributed by atoms with van der Waals surface area (Å²) in [6.07, 6.45) is 1.65. The second-order valence-corrected chi connectivity index (χ2v) is 6.21. The van der Waals surface area contributed by atoms with E-state index in [1.54, 1.807) is 6.07 Å². The summed E-state index contributed by atoms with van der Waals surface area (Å²) in [5.41, 5.74) is 1.69. The molecule has 0 fully saturated rings. The highest BCUT2D eigenvalue weighted by Gasteiger charge is 2.18. The lowest BCUT2D eigenvalue weighted by molar-refractivity contribution is 0.495. The molecule has 0 heterocycles. The Balaban J connectivity index is 2.30. The maximum Gasteiger partial charge on any atom is 0.142 e. The van der Waals surface area contributed by atoms with Crippen LogP contribution in [0.3, 0.4) is 0 Å². The van der Waals surface area contributed by atoms with E-state index in [0.717, 1.165) is 23.6 Å². The molecular formula is C17H18BrClFN. The summed E-state index contributed by atoms with van der Waals surface area (Å²) in [5, 5.41) is 4.13. The first-order valence-electron chi connectivity index (χ1n) is 7.04. The molecule has 0 spiro atoms. The fourth-order valence-corrected chi connectivity index (χ4v) is 2.88. The SMILES string of the molecule is CCCNC(Cc1ccccc1Cl)c1cccc(Br)c1F. The van der Waals surface area contributed by atoms with Gasteiger partial charge in [-0.25, -0.2) is 4.39 Å². The van der Waals surface area contributed by atoms with Gasteiger partial charge in [0.05, 0.1) is 4.47 Å². The van der Waals surface area contributed by atoms with E-state index in [4.69, 9.17) is 11.6 Å². The summed E-state index contributed by atoms with van der Waals surface area (Å²) in [4.78, 5) is 0. The van der Waals surface area contributed by atoms with Crippen molar-refractivity contribution in [2.45, 2.75) is 25.8 Å². The van der Waals surface area contributed by atoms with Crippen molar-refractivity contribution in [3.8, 4) is 0 Å². The van der Waals surface area contributed by atoms with E-state index < -0.39 is 0 Å². The predicted octanol–water partition coefficient (Wildman–Crippen LogP) is 5.53. The van der Waals surface area contributed by atoms with Crippen LogP contribution in [-0.2, 0) is 6.42 Å². The van der Waals surface area contributed by atoms with Crippen molar-refractivity contribution in [1.82, 2.24) is 5.32 Å². The van der Waals surface area contributed by atoms with Gasteiger partial charge in [-0.1, -0.05) is 48.9 Å². The monoisotopic (exact) mass is 369 g/mol. The first-order valence-corrected chi connectivity index (χ1v) is 8.21. The molecule has 2 aromatic carbocycles. The minimum absolute atomic E-state index is 0.0950. The maximum atomic E-state index is 14.4. The molecule has 0 saturated heterocycles. The molecule has 1 N–H and O–H groups in total. The van der Waals surface area contributed by atoms with Crippen LogP contribution < -0.4 is 5.32 Å². The highest BCUT2D eigenvalue weighted by atomic mass is 79.9. The van der Waals surface area contributed by atoms with Gasteiger partial charge in [-0.05, 0) is 53.0 Å². The zero-order valence-electron chi connectivity index (χ0n) is 11.9. The van der Waals surface area contributed by atoms with Gasteiger partial charge >= 0.3 is 0 Å². The molecule has 0 saturated carbocycles. The van der Waals surface area contributed by atoms with Crippen molar-refractivity contribution in [2.75, 3.05) is 6.54 Å². The fraction of sp³-hybridized carbons (Fsp3) is 0.294. The molecule has 4 heteroatoms. The van der Waals surface area contributed by atoms with Crippen molar-refractivity contribution in [2.24, 2.45) is 0 Å². The predicted molar refractivity (Wildman–Crippen MR) is 90.3 cm³/mol. The molecule has 21 heavy (non-hydrogen) atoms. The highest BCUT2D eigenvalue weighted by Crippen LogP contribution is 2.28. The lowest BCUT2D eigenvalue weighted by Crippen LogP contribution is -2.25. The van der Waals surface area contributed by atoms with Gasteiger partial charge in [-0.2, -0.15) is 0 Å². The lowest BCUT2D eigenvalue weighted by atomic mass is 9.98. The minimum atomic E-state index is -0.210. The van der Waals surface area contributed by atoms with Gasteiger partial charge in [0.25, 0.3) is 0 Å². The number of benzene rings is 2. The fourth-order valence-electron chi connectivity index (χ4n) is 2.28. The molecule has 0 amide bonds. The second kappa shape index (κ2) is 7.92. The number of halogens is 3. The molecule has 1 atom stereocenters. The van der Waals surface area contributed by atoms with Gasteiger partial charge in [-0.15, -0.1) is 0 Å². The Hall–Kier alpha value is -0.900. The molecule has 112 valence electrons. The number of nitrogens with one attached hydrogen (secondary N) is 1. The third kappa shape index (κ3) is 4.29. The zero-order valence-corrected chi connectivity index (χ0v) is 14.2. The smallest absolute Gasteiger partial charge is 0.142 e. The van der Waals surface area contributed by atoms with Crippen molar-refractivity contribution < 1.29 is 4.39 Å². The Morgan fingerprint density at radius 2 is 1.95 bits per heavy atom. The summed E-state index contributed by atoms with van der Waals surface area (Å²) in [6.45, 7) is 2.93. The molecule has 0 aliphatic rings. The average molecular weight is 371 g/mol. The van der Waals surface area contributed by atoms with Crippen LogP contribution in [0.5, 0.6) is 0 Å². The molecule has 2 rings (SSSR count). The van der Waals surface area contributed by atoms with E-state index in [1.807, 2.05) is 36.4 Å². The van der Waals surface area contributed by atoms with E-state index in [1.165, 1.54) is 0 Å². The Bertz CT molecular complexity index is 603. The van der Waals surface area contributed by atoms with Gasteiger partial charge in [0.1, 0.15) is 5.82 Å². The van der Waals surface area contributed by atoms with Crippen LogP contribution in [0.2, 0.25) is 5.02 Å². The Morgan fingerprint density at radius 3 is 2.67 bits per heavy atom. The molecule has 1 unspecified atom stereocenters. The normalized spacial score (nSPS) is 12.4. The van der Waals surface area contributed by atoms with Crippen molar-refractivity contribution in [3.05, 3.63) is 68.9 Å². The summed E-state index contributed by atoms with van der Waals surface area (Å²) in [5.74, 6) is -0.210. The van der Waals surface area contributed by atoms with E-state index >= 15 is 0 Å². The Kier molecular flexibility index (Phi) is 6.22. The van der Waals surface area contributed by atoms with Crippen LogP contribution in [0.4, 0.5) is 4.39 Å². The average Bonchev–Trinajstić information content (AvgIpc) is 2.48. The van der Waals surface area contributed by atoms with Crippen molar-refractivity contribution in [3.63, 3.8) is 0 Å². The first-order chi connectivity index (χ1) is 10.1.